The van der Waals surface area contributed by atoms with Crippen LogP contribution >= 0.6 is 0 Å². The molecule has 0 aromatic heterocycles. The molecule has 3 aromatic carbocycles. The van der Waals surface area contributed by atoms with Crippen LogP contribution in [0.4, 0.5) is 0 Å². The molecule has 1 aliphatic rings. The lowest BCUT2D eigenvalue weighted by atomic mass is 9.95. The van der Waals surface area contributed by atoms with Gasteiger partial charge >= 0.3 is 5.97 Å². The van der Waals surface area contributed by atoms with Gasteiger partial charge in [0.25, 0.3) is 0 Å². The Bertz CT molecular complexity index is 1150. The molecule has 1 saturated carbocycles. The van der Waals surface area contributed by atoms with Gasteiger partial charge in [-0.05, 0) is 54.2 Å². The molecule has 4 nitrogen and oxygen atoms in total. The van der Waals surface area contributed by atoms with Crippen LogP contribution in [0.2, 0.25) is 0 Å². The maximum atomic E-state index is 13.5. The Morgan fingerprint density at radius 3 is 2.35 bits per heavy atom. The molecule has 31 heavy (non-hydrogen) atoms. The zero-order chi connectivity index (χ0) is 21.8. The topological polar surface area (TPSA) is 60.4 Å². The van der Waals surface area contributed by atoms with Crippen molar-refractivity contribution >= 4 is 26.6 Å². The summed E-state index contributed by atoms with van der Waals surface area (Å²) in [6.07, 6.45) is 2.77. The van der Waals surface area contributed by atoms with Gasteiger partial charge in [0.15, 0.2) is 9.84 Å². The van der Waals surface area contributed by atoms with Crippen LogP contribution in [0.25, 0.3) is 10.8 Å². The fourth-order valence-corrected chi connectivity index (χ4v) is 6.49. The number of esters is 1. The quantitative estimate of drug-likeness (QED) is 0.468. The summed E-state index contributed by atoms with van der Waals surface area (Å²) in [5.74, 6) is -0.716. The molecular weight excluding hydrogens is 408 g/mol. The second kappa shape index (κ2) is 9.23. The van der Waals surface area contributed by atoms with E-state index in [0.29, 0.717) is 24.2 Å². The first-order valence-corrected chi connectivity index (χ1v) is 12.5. The van der Waals surface area contributed by atoms with Crippen molar-refractivity contribution in [2.24, 2.45) is 0 Å². The highest BCUT2D eigenvalue weighted by Gasteiger charge is 2.39. The normalized spacial score (nSPS) is 20.3. The van der Waals surface area contributed by atoms with E-state index < -0.39 is 21.2 Å². The zero-order valence-corrected chi connectivity index (χ0v) is 18.6. The minimum atomic E-state index is -3.62. The van der Waals surface area contributed by atoms with E-state index in [4.69, 9.17) is 4.74 Å². The van der Waals surface area contributed by atoms with Gasteiger partial charge in [0.2, 0.25) is 0 Å². The predicted molar refractivity (Wildman–Crippen MR) is 123 cm³/mol. The highest BCUT2D eigenvalue weighted by Crippen LogP contribution is 2.33. The molecule has 3 aromatic rings. The maximum absolute atomic E-state index is 13.5. The molecule has 0 saturated heterocycles. The molecule has 0 aliphatic heterocycles. The summed E-state index contributed by atoms with van der Waals surface area (Å²) in [4.78, 5) is 13.3. The van der Waals surface area contributed by atoms with E-state index in [1.54, 1.807) is 12.1 Å². The number of ether oxygens (including phenoxy) is 1. The van der Waals surface area contributed by atoms with Gasteiger partial charge < -0.3 is 4.74 Å². The minimum Gasteiger partial charge on any atom is -0.461 e. The summed E-state index contributed by atoms with van der Waals surface area (Å²) in [6, 6.07) is 22.5. The van der Waals surface area contributed by atoms with Crippen LogP contribution in [0.1, 0.15) is 50.5 Å². The fourth-order valence-electron chi connectivity index (χ4n) is 4.53. The molecule has 3 atom stereocenters. The van der Waals surface area contributed by atoms with Crippen molar-refractivity contribution in [3.8, 4) is 0 Å². The van der Waals surface area contributed by atoms with E-state index in [-0.39, 0.29) is 11.9 Å². The lowest BCUT2D eigenvalue weighted by molar-refractivity contribution is -0.152. The number of benzene rings is 3. The summed E-state index contributed by atoms with van der Waals surface area (Å²) in [5.41, 5.74) is 0.903. The monoisotopic (exact) mass is 436 g/mol. The van der Waals surface area contributed by atoms with Gasteiger partial charge in [-0.25, -0.2) is 8.42 Å². The molecule has 0 radical (unpaired) electrons. The third-order valence-electron chi connectivity index (χ3n) is 6.25. The zero-order valence-electron chi connectivity index (χ0n) is 17.7. The lowest BCUT2D eigenvalue weighted by Crippen LogP contribution is -2.40. The molecule has 0 unspecified atom stereocenters. The fraction of sp³-hybridized carbons (Fsp3) is 0.346. The summed E-state index contributed by atoms with van der Waals surface area (Å²) < 4.78 is 33.0. The third-order valence-corrected chi connectivity index (χ3v) is 8.50. The van der Waals surface area contributed by atoms with Crippen LogP contribution in [0, 0.1) is 0 Å². The maximum Gasteiger partial charge on any atom is 0.313 e. The van der Waals surface area contributed by atoms with Crippen LogP contribution in [0.5, 0.6) is 0 Å². The van der Waals surface area contributed by atoms with Crippen molar-refractivity contribution in [1.82, 2.24) is 0 Å². The van der Waals surface area contributed by atoms with E-state index in [2.05, 4.69) is 0 Å². The van der Waals surface area contributed by atoms with Crippen molar-refractivity contribution in [3.05, 3.63) is 78.4 Å². The van der Waals surface area contributed by atoms with Crippen LogP contribution in [0.15, 0.2) is 77.7 Å². The first kappa shape index (κ1) is 21.6. The Hall–Kier alpha value is -2.66. The largest absolute Gasteiger partial charge is 0.461 e. The molecule has 0 spiro atoms. The molecule has 0 N–H and O–H groups in total. The van der Waals surface area contributed by atoms with E-state index >= 15 is 0 Å². The van der Waals surface area contributed by atoms with Crippen molar-refractivity contribution in [1.29, 1.82) is 0 Å². The molecule has 1 fully saturated rings. The number of rotatable bonds is 6. The Morgan fingerprint density at radius 2 is 1.61 bits per heavy atom. The van der Waals surface area contributed by atoms with Crippen LogP contribution < -0.4 is 0 Å². The molecule has 0 bridgehead atoms. The van der Waals surface area contributed by atoms with Gasteiger partial charge in [-0.1, -0.05) is 74.0 Å². The summed E-state index contributed by atoms with van der Waals surface area (Å²) in [5, 5.41) is 1.18. The average Bonchev–Trinajstić information content (AvgIpc) is 2.80. The minimum absolute atomic E-state index is 0.300. The summed E-state index contributed by atoms with van der Waals surface area (Å²) in [7, 11) is -3.62. The third kappa shape index (κ3) is 4.52. The van der Waals surface area contributed by atoms with Crippen LogP contribution in [-0.2, 0) is 19.4 Å². The van der Waals surface area contributed by atoms with Gasteiger partial charge in [0.1, 0.15) is 11.4 Å². The highest BCUT2D eigenvalue weighted by atomic mass is 32.2. The van der Waals surface area contributed by atoms with Gasteiger partial charge in [-0.2, -0.15) is 0 Å². The van der Waals surface area contributed by atoms with Crippen molar-refractivity contribution < 1.29 is 17.9 Å². The molecule has 5 heteroatoms. The van der Waals surface area contributed by atoms with E-state index in [9.17, 15) is 13.2 Å². The number of hydrogen-bond donors (Lipinski definition) is 0. The first-order valence-electron chi connectivity index (χ1n) is 11.0. The molecule has 162 valence electrons. The first-order chi connectivity index (χ1) is 15.0. The van der Waals surface area contributed by atoms with Gasteiger partial charge in [0.05, 0.1) is 10.8 Å². The molecule has 4 rings (SSSR count). The van der Waals surface area contributed by atoms with E-state index in [1.807, 2.05) is 67.6 Å². The smallest absolute Gasteiger partial charge is 0.313 e. The van der Waals surface area contributed by atoms with Crippen LogP contribution in [0.3, 0.4) is 0 Å². The highest BCUT2D eigenvalue weighted by molar-refractivity contribution is 7.92. The number of sulfone groups is 1. The Balaban J connectivity index is 1.59. The molecule has 0 heterocycles. The summed E-state index contributed by atoms with van der Waals surface area (Å²) >= 11 is 0. The standard InChI is InChI=1S/C26H28O4S/c1-2-23(20-11-4-3-5-12-20)26(27)30-24-14-8-9-15-25(24)31(28,29)22-17-16-19-10-6-7-13-21(19)18-22/h3-7,10-13,16-18,23-25H,2,8-9,14-15H2,1H3/t23-,24+,25+/m1/s1. The van der Waals surface area contributed by atoms with Crippen LogP contribution in [-0.4, -0.2) is 25.7 Å². The van der Waals surface area contributed by atoms with Gasteiger partial charge in [-0.15, -0.1) is 0 Å². The van der Waals surface area contributed by atoms with Crippen molar-refractivity contribution in [2.75, 3.05) is 0 Å². The van der Waals surface area contributed by atoms with Gasteiger partial charge in [0, 0.05) is 0 Å². The number of fused-ring (bicyclic) bond motifs is 1. The molecule has 1 aliphatic carbocycles. The molecule has 0 amide bonds. The van der Waals surface area contributed by atoms with Gasteiger partial charge in [-0.3, -0.25) is 4.79 Å². The van der Waals surface area contributed by atoms with E-state index in [1.165, 1.54) is 0 Å². The lowest BCUT2D eigenvalue weighted by Gasteiger charge is -2.32. The predicted octanol–water partition coefficient (Wildman–Crippen LogP) is 5.66. The van der Waals surface area contributed by atoms with Crippen molar-refractivity contribution in [3.63, 3.8) is 0 Å². The second-order valence-electron chi connectivity index (χ2n) is 8.22. The number of carbonyl (C=O) groups excluding carboxylic acids is 1. The molecular formula is C26H28O4S. The van der Waals surface area contributed by atoms with E-state index in [0.717, 1.165) is 29.2 Å². The SMILES string of the molecule is CC[C@@H](C(=O)O[C@H]1CCCC[C@@H]1S(=O)(=O)c1ccc2ccccc2c1)c1ccccc1. The average molecular weight is 437 g/mol. The number of hydrogen-bond acceptors (Lipinski definition) is 4. The Kier molecular flexibility index (Phi) is 6.42. The Labute approximate surface area is 184 Å². The second-order valence-corrected chi connectivity index (χ2v) is 10.4. The summed E-state index contributed by atoms with van der Waals surface area (Å²) in [6.45, 7) is 1.95. The Morgan fingerprint density at radius 1 is 0.935 bits per heavy atom. The van der Waals surface area contributed by atoms with Crippen molar-refractivity contribution in [2.45, 2.75) is 61.2 Å². The number of carbonyl (C=O) groups is 1.